The lowest BCUT2D eigenvalue weighted by Gasteiger charge is -2.09. The van der Waals surface area contributed by atoms with Crippen LogP contribution in [0, 0.1) is 0 Å². The van der Waals surface area contributed by atoms with E-state index in [0.29, 0.717) is 5.69 Å². The summed E-state index contributed by atoms with van der Waals surface area (Å²) in [6.45, 7) is 0.769. The zero-order valence-corrected chi connectivity index (χ0v) is 17.5. The number of hydrogen-bond acceptors (Lipinski definition) is 4. The molecular weight excluding hydrogens is 410 g/mol. The smallest absolute Gasteiger partial charge is 0.335 e. The number of para-hydroxylation sites is 2. The van der Waals surface area contributed by atoms with E-state index >= 15 is 0 Å². The van der Waals surface area contributed by atoms with Gasteiger partial charge in [-0.25, -0.2) is 9.78 Å². The van der Waals surface area contributed by atoms with Crippen molar-refractivity contribution >= 4 is 40.4 Å². The first-order valence-corrected chi connectivity index (χ1v) is 10.8. The molecule has 0 radical (unpaired) electrons. The van der Waals surface area contributed by atoms with Crippen molar-refractivity contribution in [2.75, 3.05) is 11.1 Å². The molecule has 0 saturated heterocycles. The van der Waals surface area contributed by atoms with Crippen LogP contribution in [0.15, 0.2) is 84.0 Å². The van der Waals surface area contributed by atoms with Gasteiger partial charge in [0.05, 0.1) is 22.3 Å². The highest BCUT2D eigenvalue weighted by Gasteiger charge is 2.13. The molecule has 3 aromatic carbocycles. The molecule has 0 aliphatic rings. The molecular formula is C24H21N3O3S. The lowest BCUT2D eigenvalue weighted by Crippen LogP contribution is -2.15. The van der Waals surface area contributed by atoms with Gasteiger partial charge in [0.1, 0.15) is 0 Å². The monoisotopic (exact) mass is 431 g/mol. The van der Waals surface area contributed by atoms with Crippen molar-refractivity contribution in [1.29, 1.82) is 0 Å². The number of nitrogens with zero attached hydrogens (tertiary/aromatic N) is 2. The Balaban J connectivity index is 1.44. The quantitative estimate of drug-likeness (QED) is 0.395. The molecule has 6 nitrogen and oxygen atoms in total. The molecule has 0 spiro atoms. The highest BCUT2D eigenvalue weighted by Crippen LogP contribution is 2.25. The van der Waals surface area contributed by atoms with E-state index in [0.717, 1.165) is 29.2 Å². The van der Waals surface area contributed by atoms with Gasteiger partial charge < -0.3 is 15.0 Å². The third kappa shape index (κ3) is 5.13. The van der Waals surface area contributed by atoms with Gasteiger partial charge in [-0.1, -0.05) is 54.2 Å². The molecule has 1 aromatic heterocycles. The van der Waals surface area contributed by atoms with Gasteiger partial charge in [-0.2, -0.15) is 0 Å². The summed E-state index contributed by atoms with van der Waals surface area (Å²) in [4.78, 5) is 28.1. The summed E-state index contributed by atoms with van der Waals surface area (Å²) < 4.78 is 2.15. The van der Waals surface area contributed by atoms with Gasteiger partial charge in [0.15, 0.2) is 5.16 Å². The number of aromatic carboxylic acids is 1. The Hall–Kier alpha value is -3.58. The fourth-order valence-electron chi connectivity index (χ4n) is 3.29. The van der Waals surface area contributed by atoms with Crippen LogP contribution < -0.4 is 5.32 Å². The van der Waals surface area contributed by atoms with Crippen molar-refractivity contribution in [1.82, 2.24) is 9.55 Å². The lowest BCUT2D eigenvalue weighted by molar-refractivity contribution is -0.113. The number of fused-ring (bicyclic) bond motifs is 1. The Kier molecular flexibility index (Phi) is 6.33. The number of thioether (sulfide) groups is 1. The van der Waals surface area contributed by atoms with E-state index in [2.05, 4.69) is 22.0 Å². The summed E-state index contributed by atoms with van der Waals surface area (Å²) in [5.41, 5.74) is 3.94. The fourth-order valence-corrected chi connectivity index (χ4v) is 4.13. The van der Waals surface area contributed by atoms with Gasteiger partial charge in [0.2, 0.25) is 5.91 Å². The van der Waals surface area contributed by atoms with Gasteiger partial charge in [0.25, 0.3) is 0 Å². The summed E-state index contributed by atoms with van der Waals surface area (Å²) in [6.07, 6.45) is 0.872. The summed E-state index contributed by atoms with van der Waals surface area (Å²) in [7, 11) is 0. The molecule has 0 bridgehead atoms. The van der Waals surface area contributed by atoms with Gasteiger partial charge in [-0.15, -0.1) is 0 Å². The predicted molar refractivity (Wildman–Crippen MR) is 123 cm³/mol. The number of benzene rings is 3. The van der Waals surface area contributed by atoms with Crippen LogP contribution in [0.4, 0.5) is 5.69 Å². The Morgan fingerprint density at radius 3 is 2.39 bits per heavy atom. The van der Waals surface area contributed by atoms with E-state index in [9.17, 15) is 9.59 Å². The average Bonchev–Trinajstić information content (AvgIpc) is 3.15. The van der Waals surface area contributed by atoms with Gasteiger partial charge in [-0.05, 0) is 48.4 Å². The van der Waals surface area contributed by atoms with Crippen LogP contribution in [0.1, 0.15) is 15.9 Å². The van der Waals surface area contributed by atoms with Crippen LogP contribution >= 0.6 is 11.8 Å². The molecule has 2 N–H and O–H groups in total. The van der Waals surface area contributed by atoms with Crippen molar-refractivity contribution < 1.29 is 14.7 Å². The SMILES string of the molecule is O=C(CSc1nc2ccccc2n1CCc1ccccc1)Nc1ccc(C(=O)O)cc1. The maximum atomic E-state index is 12.4. The predicted octanol–water partition coefficient (Wildman–Crippen LogP) is 4.71. The molecule has 1 amide bonds. The fraction of sp³-hybridized carbons (Fsp3) is 0.125. The van der Waals surface area contributed by atoms with Crippen LogP contribution in [0.3, 0.4) is 0 Å². The number of rotatable bonds is 8. The molecule has 0 fully saturated rings. The summed E-state index contributed by atoms with van der Waals surface area (Å²) in [5, 5.41) is 12.6. The average molecular weight is 432 g/mol. The van der Waals surface area contributed by atoms with E-state index < -0.39 is 5.97 Å². The summed E-state index contributed by atoms with van der Waals surface area (Å²) >= 11 is 1.39. The molecule has 31 heavy (non-hydrogen) atoms. The van der Waals surface area contributed by atoms with Crippen molar-refractivity contribution in [2.24, 2.45) is 0 Å². The van der Waals surface area contributed by atoms with Gasteiger partial charge in [0, 0.05) is 12.2 Å². The maximum Gasteiger partial charge on any atom is 0.335 e. The van der Waals surface area contributed by atoms with E-state index in [1.54, 1.807) is 12.1 Å². The maximum absolute atomic E-state index is 12.4. The molecule has 1 heterocycles. The second kappa shape index (κ2) is 9.49. The number of carboxylic acids is 1. The largest absolute Gasteiger partial charge is 0.478 e. The Bertz CT molecular complexity index is 1200. The van der Waals surface area contributed by atoms with Gasteiger partial charge in [-0.3, -0.25) is 4.79 Å². The normalized spacial score (nSPS) is 10.8. The topological polar surface area (TPSA) is 84.2 Å². The van der Waals surface area contributed by atoms with Crippen molar-refractivity contribution in [2.45, 2.75) is 18.1 Å². The van der Waals surface area contributed by atoms with E-state index in [-0.39, 0.29) is 17.2 Å². The number of anilines is 1. The third-order valence-corrected chi connectivity index (χ3v) is 5.81. The summed E-state index contributed by atoms with van der Waals surface area (Å²) in [5.74, 6) is -0.965. The molecule has 7 heteroatoms. The zero-order chi connectivity index (χ0) is 21.6. The number of nitrogens with one attached hydrogen (secondary N) is 1. The molecule has 4 aromatic rings. The number of carbonyl (C=O) groups excluding carboxylic acids is 1. The number of imidazole rings is 1. The molecule has 0 unspecified atom stereocenters. The molecule has 0 aliphatic heterocycles. The number of carboxylic acid groups (broad SMARTS) is 1. The first kappa shape index (κ1) is 20.7. The first-order valence-electron chi connectivity index (χ1n) is 9.85. The Morgan fingerprint density at radius 1 is 0.935 bits per heavy atom. The van der Waals surface area contributed by atoms with Crippen LogP contribution in [0.5, 0.6) is 0 Å². The standard InChI is InChI=1S/C24H21N3O3S/c28-22(25-19-12-10-18(11-13-19)23(29)30)16-31-24-26-20-8-4-5-9-21(20)27(24)15-14-17-6-2-1-3-7-17/h1-13H,14-16H2,(H,25,28)(H,29,30). The highest BCUT2D eigenvalue weighted by molar-refractivity contribution is 7.99. The van der Waals surface area contributed by atoms with E-state index in [1.807, 2.05) is 42.5 Å². The second-order valence-electron chi connectivity index (χ2n) is 6.99. The first-order chi connectivity index (χ1) is 15.1. The minimum Gasteiger partial charge on any atom is -0.478 e. The summed E-state index contributed by atoms with van der Waals surface area (Å²) in [6, 6.07) is 24.3. The number of carbonyl (C=O) groups is 2. The van der Waals surface area contributed by atoms with Crippen molar-refractivity contribution in [3.63, 3.8) is 0 Å². The van der Waals surface area contributed by atoms with E-state index in [4.69, 9.17) is 10.1 Å². The van der Waals surface area contributed by atoms with Crippen LogP contribution in [0.25, 0.3) is 11.0 Å². The molecule has 0 aliphatic carbocycles. The number of aromatic nitrogens is 2. The number of hydrogen-bond donors (Lipinski definition) is 2. The molecule has 0 saturated carbocycles. The minimum absolute atomic E-state index is 0.172. The van der Waals surface area contributed by atoms with Crippen molar-refractivity contribution in [3.8, 4) is 0 Å². The number of aryl methyl sites for hydroxylation is 2. The van der Waals surface area contributed by atoms with Gasteiger partial charge >= 0.3 is 5.97 Å². The Morgan fingerprint density at radius 2 is 1.65 bits per heavy atom. The van der Waals surface area contributed by atoms with Crippen LogP contribution in [0.2, 0.25) is 0 Å². The number of amides is 1. The Labute approximate surface area is 183 Å². The van der Waals surface area contributed by atoms with Crippen LogP contribution in [-0.4, -0.2) is 32.3 Å². The van der Waals surface area contributed by atoms with Crippen LogP contribution in [-0.2, 0) is 17.8 Å². The lowest BCUT2D eigenvalue weighted by atomic mass is 10.1. The van der Waals surface area contributed by atoms with E-state index in [1.165, 1.54) is 29.5 Å². The molecule has 0 atom stereocenters. The van der Waals surface area contributed by atoms with Crippen molar-refractivity contribution in [3.05, 3.63) is 90.0 Å². The molecule has 156 valence electrons. The molecule has 4 rings (SSSR count). The highest BCUT2D eigenvalue weighted by atomic mass is 32.2. The zero-order valence-electron chi connectivity index (χ0n) is 16.7. The minimum atomic E-state index is -0.997. The second-order valence-corrected chi connectivity index (χ2v) is 7.93. The third-order valence-electron chi connectivity index (χ3n) is 4.83.